The summed E-state index contributed by atoms with van der Waals surface area (Å²) in [5.41, 5.74) is 1.17. The highest BCUT2D eigenvalue weighted by Crippen LogP contribution is 2.15. The molecule has 0 atom stereocenters. The van der Waals surface area contributed by atoms with Crippen LogP contribution in [0.25, 0.3) is 6.08 Å². The summed E-state index contributed by atoms with van der Waals surface area (Å²) in [6, 6.07) is 10.3. The molecule has 88 valence electrons. The van der Waals surface area contributed by atoms with Gasteiger partial charge in [-0.2, -0.15) is 0 Å². The number of hydrogen-bond acceptors (Lipinski definition) is 2. The van der Waals surface area contributed by atoms with Gasteiger partial charge in [-0.1, -0.05) is 30.3 Å². The lowest BCUT2D eigenvalue weighted by Crippen LogP contribution is -2.29. The van der Waals surface area contributed by atoms with E-state index in [0.717, 1.165) is 5.88 Å². The molecule has 2 nitrogen and oxygen atoms in total. The van der Waals surface area contributed by atoms with E-state index in [0.29, 0.717) is 0 Å². The number of nitrogens with zero attached hydrogens (tertiary/aromatic N) is 1. The lowest BCUT2D eigenvalue weighted by atomic mass is 10.2. The van der Waals surface area contributed by atoms with Gasteiger partial charge in [0.25, 0.3) is 0 Å². The third-order valence-corrected chi connectivity index (χ3v) is 2.76. The average molecular weight is 235 g/mol. The molecule has 0 aliphatic heterocycles. The second-order valence-corrected chi connectivity index (χ2v) is 9.43. The van der Waals surface area contributed by atoms with Gasteiger partial charge in [-0.25, -0.2) is 0 Å². The molecule has 0 radical (unpaired) electrons. The smallest absolute Gasteiger partial charge is 0.244 e. The van der Waals surface area contributed by atoms with Crippen molar-refractivity contribution in [2.75, 3.05) is 14.1 Å². The molecule has 0 amide bonds. The molecule has 0 bridgehead atoms. The first-order valence-electron chi connectivity index (χ1n) is 5.51. The Bertz CT molecular complexity index is 352. The van der Waals surface area contributed by atoms with Crippen LogP contribution in [-0.4, -0.2) is 27.3 Å². The Morgan fingerprint density at radius 2 is 1.69 bits per heavy atom. The zero-order valence-electron chi connectivity index (χ0n) is 10.8. The minimum atomic E-state index is -1.55. The van der Waals surface area contributed by atoms with Crippen molar-refractivity contribution in [3.05, 3.63) is 41.8 Å². The number of hydrogen-bond donors (Lipinski definition) is 0. The molecule has 1 rings (SSSR count). The number of rotatable bonds is 4. The van der Waals surface area contributed by atoms with Crippen molar-refractivity contribution in [2.45, 2.75) is 19.6 Å². The largest absolute Gasteiger partial charge is 0.533 e. The zero-order chi connectivity index (χ0) is 12.2. The molecule has 3 heteroatoms. The second kappa shape index (κ2) is 5.21. The molecule has 0 aliphatic carbocycles. The molecule has 0 saturated heterocycles. The van der Waals surface area contributed by atoms with Crippen molar-refractivity contribution < 1.29 is 4.43 Å². The van der Waals surface area contributed by atoms with Crippen LogP contribution in [-0.2, 0) is 4.43 Å². The van der Waals surface area contributed by atoms with Crippen LogP contribution in [0, 0.1) is 0 Å². The van der Waals surface area contributed by atoms with Gasteiger partial charge < -0.3 is 9.33 Å². The third-order valence-electron chi connectivity index (χ3n) is 1.94. The molecule has 1 aromatic carbocycles. The standard InChI is InChI=1S/C13H21NOSi/c1-14(2)13(15-16(3,4)5)11-12-9-7-6-8-10-12/h6-11H,1-5H3. The molecule has 16 heavy (non-hydrogen) atoms. The molecule has 0 aliphatic rings. The molecule has 0 unspecified atom stereocenters. The summed E-state index contributed by atoms with van der Waals surface area (Å²) >= 11 is 0. The maximum Gasteiger partial charge on any atom is 0.244 e. The van der Waals surface area contributed by atoms with E-state index in [2.05, 4.69) is 37.8 Å². The van der Waals surface area contributed by atoms with Crippen LogP contribution < -0.4 is 0 Å². The highest BCUT2D eigenvalue weighted by molar-refractivity contribution is 6.70. The highest BCUT2D eigenvalue weighted by Gasteiger charge is 2.18. The fourth-order valence-electron chi connectivity index (χ4n) is 1.26. The molecule has 0 fully saturated rings. The molecule has 0 spiro atoms. The first-order chi connectivity index (χ1) is 7.38. The van der Waals surface area contributed by atoms with E-state index in [1.807, 2.05) is 37.2 Å². The van der Waals surface area contributed by atoms with Crippen molar-refractivity contribution in [3.8, 4) is 0 Å². The van der Waals surface area contributed by atoms with E-state index >= 15 is 0 Å². The summed E-state index contributed by atoms with van der Waals surface area (Å²) < 4.78 is 6.03. The quantitative estimate of drug-likeness (QED) is 0.586. The molecular weight excluding hydrogens is 214 g/mol. The fraction of sp³-hybridized carbons (Fsp3) is 0.385. The Hall–Kier alpha value is -1.22. The van der Waals surface area contributed by atoms with Crippen molar-refractivity contribution in [1.82, 2.24) is 4.90 Å². The molecule has 1 aromatic rings. The number of benzene rings is 1. The maximum atomic E-state index is 6.03. The summed E-state index contributed by atoms with van der Waals surface area (Å²) in [5, 5.41) is 0. The summed E-state index contributed by atoms with van der Waals surface area (Å²) in [6.07, 6.45) is 2.08. The Morgan fingerprint density at radius 1 is 1.12 bits per heavy atom. The van der Waals surface area contributed by atoms with Crippen molar-refractivity contribution in [2.24, 2.45) is 0 Å². The van der Waals surface area contributed by atoms with Crippen LogP contribution in [0.4, 0.5) is 0 Å². The summed E-state index contributed by atoms with van der Waals surface area (Å²) in [6.45, 7) is 6.57. The summed E-state index contributed by atoms with van der Waals surface area (Å²) in [5.74, 6) is 0.936. The van der Waals surface area contributed by atoms with Crippen molar-refractivity contribution >= 4 is 14.4 Å². The highest BCUT2D eigenvalue weighted by atomic mass is 28.4. The molecule has 0 saturated carbocycles. The Labute approximate surface area is 99.7 Å². The zero-order valence-corrected chi connectivity index (χ0v) is 11.8. The van der Waals surface area contributed by atoms with Crippen LogP contribution >= 0.6 is 0 Å². The predicted molar refractivity (Wildman–Crippen MR) is 72.5 cm³/mol. The topological polar surface area (TPSA) is 12.5 Å². The van der Waals surface area contributed by atoms with Crippen LogP contribution in [0.3, 0.4) is 0 Å². The second-order valence-electron chi connectivity index (χ2n) is 5.00. The van der Waals surface area contributed by atoms with E-state index in [-0.39, 0.29) is 0 Å². The summed E-state index contributed by atoms with van der Waals surface area (Å²) in [4.78, 5) is 2.02. The normalized spacial score (nSPS) is 12.4. The first-order valence-corrected chi connectivity index (χ1v) is 8.92. The van der Waals surface area contributed by atoms with Crippen LogP contribution in [0.5, 0.6) is 0 Å². The predicted octanol–water partition coefficient (Wildman–Crippen LogP) is 3.40. The average Bonchev–Trinajstić information content (AvgIpc) is 2.16. The third kappa shape index (κ3) is 4.53. The molecule has 0 N–H and O–H groups in total. The summed E-state index contributed by atoms with van der Waals surface area (Å²) in [7, 11) is 2.47. The van der Waals surface area contributed by atoms with Crippen molar-refractivity contribution in [1.29, 1.82) is 0 Å². The molecular formula is C13H21NOSi. The first kappa shape index (κ1) is 12.8. The lowest BCUT2D eigenvalue weighted by Gasteiger charge is -2.26. The van der Waals surface area contributed by atoms with Gasteiger partial charge in [-0.05, 0) is 25.2 Å². The van der Waals surface area contributed by atoms with Gasteiger partial charge in [-0.3, -0.25) is 0 Å². The van der Waals surface area contributed by atoms with Gasteiger partial charge in [0.1, 0.15) is 0 Å². The fourth-order valence-corrected chi connectivity index (χ4v) is 2.12. The SMILES string of the molecule is CN(C)C(=Cc1ccccc1)O[Si](C)(C)C. The van der Waals surface area contributed by atoms with Gasteiger partial charge in [0.05, 0.1) is 0 Å². The van der Waals surface area contributed by atoms with Gasteiger partial charge in [-0.15, -0.1) is 0 Å². The molecule has 0 heterocycles. The van der Waals surface area contributed by atoms with Crippen LogP contribution in [0.15, 0.2) is 36.2 Å². The van der Waals surface area contributed by atoms with E-state index < -0.39 is 8.32 Å². The van der Waals surface area contributed by atoms with E-state index in [4.69, 9.17) is 4.43 Å². The van der Waals surface area contributed by atoms with Gasteiger partial charge in [0, 0.05) is 20.2 Å². The lowest BCUT2D eigenvalue weighted by molar-refractivity contribution is 0.282. The Morgan fingerprint density at radius 3 is 2.12 bits per heavy atom. The molecule has 0 aromatic heterocycles. The minimum absolute atomic E-state index is 0.936. The van der Waals surface area contributed by atoms with Crippen LogP contribution in [0.2, 0.25) is 19.6 Å². The minimum Gasteiger partial charge on any atom is -0.533 e. The van der Waals surface area contributed by atoms with Gasteiger partial charge >= 0.3 is 0 Å². The Balaban J connectivity index is 2.90. The maximum absolute atomic E-state index is 6.03. The monoisotopic (exact) mass is 235 g/mol. The van der Waals surface area contributed by atoms with E-state index in [9.17, 15) is 0 Å². The van der Waals surface area contributed by atoms with E-state index in [1.54, 1.807) is 0 Å². The van der Waals surface area contributed by atoms with Gasteiger partial charge in [0.2, 0.25) is 8.32 Å². The van der Waals surface area contributed by atoms with E-state index in [1.165, 1.54) is 5.56 Å². The van der Waals surface area contributed by atoms with Gasteiger partial charge in [0.15, 0.2) is 5.88 Å². The Kier molecular flexibility index (Phi) is 4.18. The van der Waals surface area contributed by atoms with Crippen LogP contribution in [0.1, 0.15) is 5.56 Å². The van der Waals surface area contributed by atoms with Crippen molar-refractivity contribution in [3.63, 3.8) is 0 Å².